The molecule has 5 heteroatoms. The van der Waals surface area contributed by atoms with Crippen LogP contribution < -0.4 is 5.73 Å². The van der Waals surface area contributed by atoms with Crippen LogP contribution in [0.3, 0.4) is 0 Å². The fourth-order valence-electron chi connectivity index (χ4n) is 1.81. The third-order valence-corrected chi connectivity index (χ3v) is 3.15. The Balaban J connectivity index is 0.00000128. The lowest BCUT2D eigenvalue weighted by Crippen LogP contribution is -2.03. The van der Waals surface area contributed by atoms with E-state index < -0.39 is 0 Å². The first-order chi connectivity index (χ1) is 7.15. The van der Waals surface area contributed by atoms with E-state index in [1.807, 2.05) is 19.9 Å². The van der Waals surface area contributed by atoms with E-state index in [0.29, 0.717) is 13.0 Å². The van der Waals surface area contributed by atoms with E-state index in [2.05, 4.69) is 5.16 Å². The summed E-state index contributed by atoms with van der Waals surface area (Å²) in [6.45, 7) is 4.50. The van der Waals surface area contributed by atoms with Crippen LogP contribution >= 0.6 is 24.0 Å². The zero-order chi connectivity index (χ0) is 11.0. The van der Waals surface area contributed by atoms with Crippen molar-refractivity contribution in [3.63, 3.8) is 0 Å². The van der Waals surface area contributed by atoms with Crippen LogP contribution in [0.5, 0.6) is 0 Å². The Hall–Kier alpha value is -0.770. The van der Waals surface area contributed by atoms with E-state index >= 15 is 0 Å². The van der Waals surface area contributed by atoms with Crippen molar-refractivity contribution in [2.24, 2.45) is 5.73 Å². The lowest BCUT2D eigenvalue weighted by molar-refractivity contribution is 0.446. The van der Waals surface area contributed by atoms with E-state index in [1.54, 1.807) is 0 Å². The van der Waals surface area contributed by atoms with Crippen molar-refractivity contribution in [3.05, 3.63) is 27.9 Å². The second kappa shape index (κ2) is 5.04. The van der Waals surface area contributed by atoms with Crippen molar-refractivity contribution in [1.82, 2.24) is 5.16 Å². The summed E-state index contributed by atoms with van der Waals surface area (Å²) in [5.74, 6) is 0. The van der Waals surface area contributed by atoms with Gasteiger partial charge in [-0.3, -0.25) is 0 Å². The van der Waals surface area contributed by atoms with E-state index in [9.17, 15) is 0 Å². The van der Waals surface area contributed by atoms with E-state index in [4.69, 9.17) is 21.9 Å². The summed E-state index contributed by atoms with van der Waals surface area (Å²) in [5.41, 5.74) is 9.23. The predicted molar refractivity (Wildman–Crippen MR) is 68.5 cm³/mol. The summed E-state index contributed by atoms with van der Waals surface area (Å²) in [5, 5.41) is 5.81. The van der Waals surface area contributed by atoms with Gasteiger partial charge < -0.3 is 10.3 Å². The maximum atomic E-state index is 6.18. The van der Waals surface area contributed by atoms with Gasteiger partial charge in [0, 0.05) is 16.8 Å². The smallest absolute Gasteiger partial charge is 0.167 e. The minimum Gasteiger partial charge on any atom is -0.356 e. The Kier molecular flexibility index (Phi) is 4.19. The van der Waals surface area contributed by atoms with Gasteiger partial charge >= 0.3 is 0 Å². The molecule has 0 saturated heterocycles. The van der Waals surface area contributed by atoms with Crippen molar-refractivity contribution in [1.29, 1.82) is 0 Å². The fraction of sp³-hybridized carbons (Fsp3) is 0.364. The number of benzene rings is 1. The minimum atomic E-state index is 0. The molecule has 1 heterocycles. The van der Waals surface area contributed by atoms with Crippen LogP contribution in [0.1, 0.15) is 16.8 Å². The Bertz CT molecular complexity index is 508. The Morgan fingerprint density at radius 1 is 1.44 bits per heavy atom. The molecule has 0 bridgehead atoms. The molecule has 0 atom stereocenters. The van der Waals surface area contributed by atoms with Gasteiger partial charge in [0.15, 0.2) is 5.58 Å². The number of nitrogens with zero attached hydrogens (tertiary/aromatic N) is 1. The van der Waals surface area contributed by atoms with Gasteiger partial charge in [-0.15, -0.1) is 12.4 Å². The molecule has 2 rings (SSSR count). The first-order valence-corrected chi connectivity index (χ1v) is 5.27. The van der Waals surface area contributed by atoms with Crippen LogP contribution in [-0.4, -0.2) is 11.7 Å². The first kappa shape index (κ1) is 13.3. The molecule has 1 aromatic heterocycles. The molecule has 0 unspecified atom stereocenters. The number of aryl methyl sites for hydroxylation is 2. The van der Waals surface area contributed by atoms with Gasteiger partial charge in [0.25, 0.3) is 0 Å². The second-order valence-electron chi connectivity index (χ2n) is 3.67. The molecule has 2 N–H and O–H groups in total. The highest BCUT2D eigenvalue weighted by Gasteiger charge is 2.14. The highest BCUT2D eigenvalue weighted by Crippen LogP contribution is 2.31. The molecule has 88 valence electrons. The van der Waals surface area contributed by atoms with E-state index in [-0.39, 0.29) is 12.4 Å². The van der Waals surface area contributed by atoms with Gasteiger partial charge in [-0.05, 0) is 37.6 Å². The molecule has 2 aromatic rings. The second-order valence-corrected chi connectivity index (χ2v) is 4.05. The van der Waals surface area contributed by atoms with Crippen molar-refractivity contribution in [2.75, 3.05) is 6.54 Å². The highest BCUT2D eigenvalue weighted by molar-refractivity contribution is 6.33. The van der Waals surface area contributed by atoms with E-state index in [1.165, 1.54) is 0 Å². The summed E-state index contributed by atoms with van der Waals surface area (Å²) in [6, 6.07) is 1.91. The number of rotatable bonds is 2. The van der Waals surface area contributed by atoms with Crippen molar-refractivity contribution in [3.8, 4) is 0 Å². The van der Waals surface area contributed by atoms with Crippen LogP contribution in [0.25, 0.3) is 11.0 Å². The average molecular weight is 261 g/mol. The molecule has 0 amide bonds. The summed E-state index contributed by atoms with van der Waals surface area (Å²) in [6.07, 6.45) is 0.716. The highest BCUT2D eigenvalue weighted by atomic mass is 35.5. The van der Waals surface area contributed by atoms with Gasteiger partial charge in [0.2, 0.25) is 0 Å². The normalized spacial score (nSPS) is 10.5. The van der Waals surface area contributed by atoms with Gasteiger partial charge in [-0.25, -0.2) is 0 Å². The van der Waals surface area contributed by atoms with Crippen LogP contribution in [-0.2, 0) is 6.42 Å². The zero-order valence-electron chi connectivity index (χ0n) is 9.21. The quantitative estimate of drug-likeness (QED) is 0.903. The molecule has 0 aliphatic heterocycles. The SMILES string of the molecule is Cc1cc2onc(CCN)c2c(C)c1Cl.Cl. The van der Waals surface area contributed by atoms with Crippen molar-refractivity contribution < 1.29 is 4.52 Å². The fourth-order valence-corrected chi connectivity index (χ4v) is 1.96. The van der Waals surface area contributed by atoms with E-state index in [0.717, 1.165) is 32.8 Å². The topological polar surface area (TPSA) is 52.0 Å². The molecule has 0 radical (unpaired) electrons. The summed E-state index contributed by atoms with van der Waals surface area (Å²) in [4.78, 5) is 0. The molecule has 0 fully saturated rings. The standard InChI is InChI=1S/C11H13ClN2O.ClH/c1-6-5-9-10(7(2)11(6)12)8(3-4-13)14-15-9;/h5H,3-4,13H2,1-2H3;1H. The van der Waals surface area contributed by atoms with Crippen LogP contribution in [0.15, 0.2) is 10.6 Å². The molecule has 0 saturated carbocycles. The molecule has 3 nitrogen and oxygen atoms in total. The van der Waals surface area contributed by atoms with Crippen molar-refractivity contribution in [2.45, 2.75) is 20.3 Å². The number of hydrogen-bond donors (Lipinski definition) is 1. The number of nitrogens with two attached hydrogens (primary N) is 1. The predicted octanol–water partition coefficient (Wildman–Crippen LogP) is 3.02. The lowest BCUT2D eigenvalue weighted by atomic mass is 10.0. The number of hydrogen-bond acceptors (Lipinski definition) is 3. The largest absolute Gasteiger partial charge is 0.356 e. The molecule has 1 aromatic carbocycles. The van der Waals surface area contributed by atoms with Crippen LogP contribution in [0, 0.1) is 13.8 Å². The van der Waals surface area contributed by atoms with Gasteiger partial charge in [-0.2, -0.15) is 0 Å². The van der Waals surface area contributed by atoms with Gasteiger partial charge in [0.1, 0.15) is 0 Å². The Morgan fingerprint density at radius 3 is 2.75 bits per heavy atom. The summed E-state index contributed by atoms with van der Waals surface area (Å²) in [7, 11) is 0. The average Bonchev–Trinajstić information content (AvgIpc) is 2.59. The Labute approximate surface area is 105 Å². The third kappa shape index (κ3) is 2.03. The third-order valence-electron chi connectivity index (χ3n) is 2.57. The minimum absolute atomic E-state index is 0. The zero-order valence-corrected chi connectivity index (χ0v) is 10.8. The Morgan fingerprint density at radius 2 is 2.12 bits per heavy atom. The lowest BCUT2D eigenvalue weighted by Gasteiger charge is -2.03. The molecule has 16 heavy (non-hydrogen) atoms. The maximum absolute atomic E-state index is 6.18. The van der Waals surface area contributed by atoms with Crippen LogP contribution in [0.2, 0.25) is 5.02 Å². The maximum Gasteiger partial charge on any atom is 0.167 e. The molecular weight excluding hydrogens is 247 g/mol. The first-order valence-electron chi connectivity index (χ1n) is 4.89. The van der Waals surface area contributed by atoms with Crippen LogP contribution in [0.4, 0.5) is 0 Å². The van der Waals surface area contributed by atoms with Gasteiger partial charge in [-0.1, -0.05) is 16.8 Å². The monoisotopic (exact) mass is 260 g/mol. The number of aromatic nitrogens is 1. The number of fused-ring (bicyclic) bond motifs is 1. The summed E-state index contributed by atoms with van der Waals surface area (Å²) >= 11 is 6.18. The summed E-state index contributed by atoms with van der Waals surface area (Å²) < 4.78 is 5.25. The molecule has 0 aliphatic rings. The van der Waals surface area contributed by atoms with Gasteiger partial charge in [0.05, 0.1) is 5.69 Å². The van der Waals surface area contributed by atoms with Crippen molar-refractivity contribution >= 4 is 35.0 Å². The number of halogens is 2. The molecule has 0 spiro atoms. The molecular formula is C11H14Cl2N2O. The molecule has 0 aliphatic carbocycles.